The number of hydrogen-bond acceptors (Lipinski definition) is 2. The molecule has 1 heterocycles. The van der Waals surface area contributed by atoms with Crippen LogP contribution in [0.5, 0.6) is 5.75 Å². The molecule has 0 radical (unpaired) electrons. The summed E-state index contributed by atoms with van der Waals surface area (Å²) in [4.78, 5) is 10.7. The molecule has 2 aromatic rings. The molecule has 0 aliphatic heterocycles. The first-order valence-corrected chi connectivity index (χ1v) is 4.46. The summed E-state index contributed by atoms with van der Waals surface area (Å²) >= 11 is 0. The summed E-state index contributed by atoms with van der Waals surface area (Å²) in [6.07, 6.45) is 0.693. The van der Waals surface area contributed by atoms with Gasteiger partial charge < -0.3 is 9.30 Å². The number of halogens is 1. The molecule has 3 nitrogen and oxygen atoms in total. The van der Waals surface area contributed by atoms with Crippen molar-refractivity contribution in [2.24, 2.45) is 7.05 Å². The first-order chi connectivity index (χ1) is 7.19. The van der Waals surface area contributed by atoms with E-state index >= 15 is 0 Å². The molecule has 0 saturated heterocycles. The van der Waals surface area contributed by atoms with Gasteiger partial charge in [-0.25, -0.2) is 4.39 Å². The highest BCUT2D eigenvalue weighted by Gasteiger charge is 2.13. The lowest BCUT2D eigenvalue weighted by molar-refractivity contribution is 0.111. The van der Waals surface area contributed by atoms with Gasteiger partial charge in [0.15, 0.2) is 6.29 Å². The molecule has 0 saturated carbocycles. The standard InChI is InChI=1S/C11H10FNO2/c1-13-7(6-14)5-8-10(15-2)4-3-9(12)11(8)13/h3-6H,1-2H3. The molecule has 0 aliphatic rings. The van der Waals surface area contributed by atoms with Crippen LogP contribution in [0.2, 0.25) is 0 Å². The number of rotatable bonds is 2. The second kappa shape index (κ2) is 3.38. The van der Waals surface area contributed by atoms with Gasteiger partial charge in [-0.2, -0.15) is 0 Å². The Morgan fingerprint density at radius 1 is 1.47 bits per heavy atom. The third-order valence-corrected chi connectivity index (χ3v) is 2.48. The number of hydrogen-bond donors (Lipinski definition) is 0. The van der Waals surface area contributed by atoms with Crippen molar-refractivity contribution in [3.05, 3.63) is 29.7 Å². The Morgan fingerprint density at radius 3 is 2.80 bits per heavy atom. The maximum absolute atomic E-state index is 13.5. The predicted molar refractivity (Wildman–Crippen MR) is 54.8 cm³/mol. The highest BCUT2D eigenvalue weighted by molar-refractivity contribution is 5.93. The molecule has 1 aromatic heterocycles. The maximum atomic E-state index is 13.5. The zero-order valence-electron chi connectivity index (χ0n) is 8.45. The number of benzene rings is 1. The van der Waals surface area contributed by atoms with Gasteiger partial charge >= 0.3 is 0 Å². The molecule has 0 unspecified atom stereocenters. The number of carbonyl (C=O) groups excluding carboxylic acids is 1. The summed E-state index contributed by atoms with van der Waals surface area (Å²) in [5, 5.41) is 0.613. The number of aldehydes is 1. The van der Waals surface area contributed by atoms with Crippen molar-refractivity contribution in [3.63, 3.8) is 0 Å². The number of nitrogens with zero attached hydrogens (tertiary/aromatic N) is 1. The monoisotopic (exact) mass is 207 g/mol. The van der Waals surface area contributed by atoms with Gasteiger partial charge in [0.25, 0.3) is 0 Å². The van der Waals surface area contributed by atoms with Crippen molar-refractivity contribution in [1.29, 1.82) is 0 Å². The molecule has 0 fully saturated rings. The molecule has 78 valence electrons. The minimum atomic E-state index is -0.360. The summed E-state index contributed by atoms with van der Waals surface area (Å²) in [6, 6.07) is 4.49. The Bertz CT molecular complexity index is 531. The molecule has 0 spiro atoms. The molecular weight excluding hydrogens is 197 g/mol. The molecular formula is C11H10FNO2. The first-order valence-electron chi connectivity index (χ1n) is 4.46. The van der Waals surface area contributed by atoms with Crippen molar-refractivity contribution in [2.75, 3.05) is 7.11 Å². The molecule has 2 rings (SSSR count). The zero-order chi connectivity index (χ0) is 11.0. The van der Waals surface area contributed by atoms with Gasteiger partial charge in [-0.15, -0.1) is 0 Å². The van der Waals surface area contributed by atoms with Crippen LogP contribution < -0.4 is 4.74 Å². The highest BCUT2D eigenvalue weighted by Crippen LogP contribution is 2.29. The lowest BCUT2D eigenvalue weighted by Crippen LogP contribution is -1.95. The van der Waals surface area contributed by atoms with Crippen LogP contribution in [-0.2, 0) is 7.05 Å². The van der Waals surface area contributed by atoms with E-state index in [9.17, 15) is 9.18 Å². The summed E-state index contributed by atoms with van der Waals surface area (Å²) in [7, 11) is 3.16. The fourth-order valence-corrected chi connectivity index (χ4v) is 1.71. The predicted octanol–water partition coefficient (Wildman–Crippen LogP) is 2.14. The third kappa shape index (κ3) is 1.29. The van der Waals surface area contributed by atoms with Gasteiger partial charge in [0.2, 0.25) is 0 Å². The second-order valence-electron chi connectivity index (χ2n) is 3.26. The van der Waals surface area contributed by atoms with Crippen molar-refractivity contribution in [2.45, 2.75) is 0 Å². The lowest BCUT2D eigenvalue weighted by atomic mass is 10.2. The van der Waals surface area contributed by atoms with E-state index in [0.717, 1.165) is 0 Å². The Morgan fingerprint density at radius 2 is 2.20 bits per heavy atom. The maximum Gasteiger partial charge on any atom is 0.166 e. The van der Waals surface area contributed by atoms with E-state index in [1.54, 1.807) is 19.2 Å². The number of aromatic nitrogens is 1. The average molecular weight is 207 g/mol. The fraction of sp³-hybridized carbons (Fsp3) is 0.182. The van der Waals surface area contributed by atoms with E-state index in [4.69, 9.17) is 4.74 Å². The number of aryl methyl sites for hydroxylation is 1. The molecule has 0 aliphatic carbocycles. The van der Waals surface area contributed by atoms with E-state index in [-0.39, 0.29) is 5.82 Å². The lowest BCUT2D eigenvalue weighted by Gasteiger charge is -2.03. The van der Waals surface area contributed by atoms with Crippen LogP contribution in [0.1, 0.15) is 10.5 Å². The van der Waals surface area contributed by atoms with Crippen LogP contribution in [0, 0.1) is 5.82 Å². The van der Waals surface area contributed by atoms with E-state index in [1.165, 1.54) is 17.7 Å². The molecule has 15 heavy (non-hydrogen) atoms. The summed E-state index contributed by atoms with van der Waals surface area (Å²) in [5.74, 6) is 0.205. The molecule has 0 N–H and O–H groups in total. The van der Waals surface area contributed by atoms with E-state index in [1.807, 2.05) is 0 Å². The summed E-state index contributed by atoms with van der Waals surface area (Å²) < 4.78 is 20.1. The van der Waals surface area contributed by atoms with Gasteiger partial charge in [0.05, 0.1) is 18.3 Å². The Balaban J connectivity index is 2.91. The van der Waals surface area contributed by atoms with Gasteiger partial charge in [0, 0.05) is 12.4 Å². The van der Waals surface area contributed by atoms with Crippen LogP contribution >= 0.6 is 0 Å². The topological polar surface area (TPSA) is 31.2 Å². The van der Waals surface area contributed by atoms with Crippen LogP contribution in [0.4, 0.5) is 4.39 Å². The normalized spacial score (nSPS) is 10.6. The molecule has 4 heteroatoms. The summed E-state index contributed by atoms with van der Waals surface area (Å²) in [6.45, 7) is 0. The second-order valence-corrected chi connectivity index (χ2v) is 3.26. The molecule has 1 aromatic carbocycles. The molecule has 0 bridgehead atoms. The van der Waals surface area contributed by atoms with Crippen molar-refractivity contribution in [1.82, 2.24) is 4.57 Å². The third-order valence-electron chi connectivity index (χ3n) is 2.48. The Kier molecular flexibility index (Phi) is 2.19. The average Bonchev–Trinajstić information content (AvgIpc) is 2.57. The number of carbonyl (C=O) groups is 1. The fourth-order valence-electron chi connectivity index (χ4n) is 1.71. The van der Waals surface area contributed by atoms with Gasteiger partial charge in [-0.1, -0.05) is 0 Å². The van der Waals surface area contributed by atoms with Crippen molar-refractivity contribution < 1.29 is 13.9 Å². The van der Waals surface area contributed by atoms with Gasteiger partial charge in [-0.05, 0) is 18.2 Å². The van der Waals surface area contributed by atoms with Crippen molar-refractivity contribution in [3.8, 4) is 5.75 Å². The minimum Gasteiger partial charge on any atom is -0.496 e. The highest BCUT2D eigenvalue weighted by atomic mass is 19.1. The largest absolute Gasteiger partial charge is 0.496 e. The van der Waals surface area contributed by atoms with Crippen molar-refractivity contribution >= 4 is 17.2 Å². The Hall–Kier alpha value is -1.84. The molecule has 0 amide bonds. The van der Waals surface area contributed by atoms with E-state index < -0.39 is 0 Å². The number of ether oxygens (including phenoxy) is 1. The molecule has 0 atom stereocenters. The van der Waals surface area contributed by atoms with Crippen LogP contribution in [0.25, 0.3) is 10.9 Å². The van der Waals surface area contributed by atoms with E-state index in [2.05, 4.69) is 0 Å². The Labute approximate surface area is 86.1 Å². The zero-order valence-corrected chi connectivity index (χ0v) is 8.45. The number of methoxy groups -OCH3 is 1. The quantitative estimate of drug-likeness (QED) is 0.706. The number of fused-ring (bicyclic) bond motifs is 1. The van der Waals surface area contributed by atoms with Gasteiger partial charge in [-0.3, -0.25) is 4.79 Å². The van der Waals surface area contributed by atoms with Gasteiger partial charge in [0.1, 0.15) is 11.6 Å². The SMILES string of the molecule is COc1ccc(F)c2c1cc(C=O)n2C. The van der Waals surface area contributed by atoms with Crippen LogP contribution in [-0.4, -0.2) is 18.0 Å². The summed E-state index contributed by atoms with van der Waals surface area (Å²) in [5.41, 5.74) is 0.810. The first kappa shape index (κ1) is 9.71. The van der Waals surface area contributed by atoms with E-state index in [0.29, 0.717) is 28.6 Å². The van der Waals surface area contributed by atoms with Crippen LogP contribution in [0.15, 0.2) is 18.2 Å². The van der Waals surface area contributed by atoms with Crippen LogP contribution in [0.3, 0.4) is 0 Å². The smallest absolute Gasteiger partial charge is 0.166 e. The minimum absolute atomic E-state index is 0.360.